The average molecular weight is 279 g/mol. The number of nitrogens with two attached hydrogens (primary N) is 1. The van der Waals surface area contributed by atoms with E-state index in [0.717, 1.165) is 4.57 Å². The van der Waals surface area contributed by atoms with Crippen LogP contribution in [0.3, 0.4) is 0 Å². The maximum absolute atomic E-state index is 11.8. The van der Waals surface area contributed by atoms with Gasteiger partial charge in [-0.2, -0.15) is 0 Å². The summed E-state index contributed by atoms with van der Waals surface area (Å²) in [6.45, 7) is -0.165. The number of rotatable bonds is 3. The molecule has 19 heavy (non-hydrogen) atoms. The molecule has 0 fully saturated rings. The number of nitrogens with zero attached hydrogens (tertiary/aromatic N) is 2. The molecule has 2 aromatic rings. The summed E-state index contributed by atoms with van der Waals surface area (Å²) in [6.07, 6.45) is 2.59. The summed E-state index contributed by atoms with van der Waals surface area (Å²) in [5.41, 5.74) is 6.17. The number of benzene rings is 1. The molecule has 2 rings (SSSR count). The van der Waals surface area contributed by atoms with E-state index in [9.17, 15) is 9.59 Å². The fraction of sp³-hybridized carbons (Fsp3) is 0.0833. The van der Waals surface area contributed by atoms with Gasteiger partial charge in [0, 0.05) is 17.6 Å². The van der Waals surface area contributed by atoms with Crippen LogP contribution in [0.5, 0.6) is 0 Å². The average Bonchev–Trinajstić information content (AvgIpc) is 2.34. The number of amides is 1. The second-order valence-corrected chi connectivity index (χ2v) is 4.29. The topological polar surface area (TPSA) is 90.0 Å². The lowest BCUT2D eigenvalue weighted by Crippen LogP contribution is -2.28. The minimum absolute atomic E-state index is 0.165. The summed E-state index contributed by atoms with van der Waals surface area (Å²) in [6, 6.07) is 6.75. The molecule has 3 N–H and O–H groups in total. The van der Waals surface area contributed by atoms with Crippen LogP contribution in [0.2, 0.25) is 5.02 Å². The number of aromatic nitrogens is 2. The van der Waals surface area contributed by atoms with E-state index in [1.165, 1.54) is 12.4 Å². The van der Waals surface area contributed by atoms with Crippen molar-refractivity contribution >= 4 is 28.9 Å². The Morgan fingerprint density at radius 2 is 2.26 bits per heavy atom. The van der Waals surface area contributed by atoms with Crippen LogP contribution in [0.15, 0.2) is 41.5 Å². The number of nitrogen functional groups attached to an aromatic ring is 1. The Labute approximate surface area is 113 Å². The largest absolute Gasteiger partial charge is 0.399 e. The van der Waals surface area contributed by atoms with E-state index in [0.29, 0.717) is 11.4 Å². The SMILES string of the molecule is Nc1cccc(NC(=O)Cn2cc(Cl)cnc2=O)c1. The van der Waals surface area contributed by atoms with Gasteiger partial charge in [-0.15, -0.1) is 0 Å². The molecule has 0 spiro atoms. The van der Waals surface area contributed by atoms with Gasteiger partial charge in [0.2, 0.25) is 5.91 Å². The third kappa shape index (κ3) is 3.56. The minimum atomic E-state index is -0.535. The van der Waals surface area contributed by atoms with Gasteiger partial charge in [-0.3, -0.25) is 9.36 Å². The van der Waals surface area contributed by atoms with Gasteiger partial charge in [-0.1, -0.05) is 17.7 Å². The molecule has 7 heteroatoms. The van der Waals surface area contributed by atoms with Gasteiger partial charge in [0.25, 0.3) is 0 Å². The smallest absolute Gasteiger partial charge is 0.348 e. The summed E-state index contributed by atoms with van der Waals surface area (Å²) >= 11 is 5.71. The summed E-state index contributed by atoms with van der Waals surface area (Å²) in [4.78, 5) is 26.7. The van der Waals surface area contributed by atoms with Crippen molar-refractivity contribution in [2.75, 3.05) is 11.1 Å². The Morgan fingerprint density at radius 1 is 1.47 bits per heavy atom. The standard InChI is InChI=1S/C12H11ClN4O2/c13-8-5-15-12(19)17(6-8)7-11(18)16-10-3-1-2-9(14)4-10/h1-6H,7,14H2,(H,16,18). The van der Waals surface area contributed by atoms with Crippen LogP contribution < -0.4 is 16.7 Å². The van der Waals surface area contributed by atoms with Gasteiger partial charge >= 0.3 is 5.69 Å². The molecule has 0 aliphatic rings. The number of anilines is 2. The zero-order valence-corrected chi connectivity index (χ0v) is 10.6. The molecule has 0 unspecified atom stereocenters. The van der Waals surface area contributed by atoms with Crippen LogP contribution in [0.25, 0.3) is 0 Å². The number of carbonyl (C=O) groups is 1. The third-order valence-corrected chi connectivity index (χ3v) is 2.50. The van der Waals surface area contributed by atoms with Crippen molar-refractivity contribution in [2.45, 2.75) is 6.54 Å². The number of hydrogen-bond donors (Lipinski definition) is 2. The van der Waals surface area contributed by atoms with Gasteiger partial charge in [-0.25, -0.2) is 9.78 Å². The van der Waals surface area contributed by atoms with Crippen LogP contribution in [0, 0.1) is 0 Å². The first kappa shape index (κ1) is 13.1. The summed E-state index contributed by atoms with van der Waals surface area (Å²) in [5.74, 6) is -0.364. The first-order valence-electron chi connectivity index (χ1n) is 5.42. The van der Waals surface area contributed by atoms with Crippen LogP contribution >= 0.6 is 11.6 Å². The van der Waals surface area contributed by atoms with Gasteiger partial charge in [0.1, 0.15) is 6.54 Å². The van der Waals surface area contributed by atoms with E-state index >= 15 is 0 Å². The summed E-state index contributed by atoms with van der Waals surface area (Å²) in [5, 5.41) is 2.92. The minimum Gasteiger partial charge on any atom is -0.399 e. The van der Waals surface area contributed by atoms with Crippen molar-refractivity contribution in [3.63, 3.8) is 0 Å². The van der Waals surface area contributed by atoms with Crippen LogP contribution in [-0.2, 0) is 11.3 Å². The number of hydrogen-bond acceptors (Lipinski definition) is 4. The Hall–Kier alpha value is -2.34. The van der Waals surface area contributed by atoms with Crippen molar-refractivity contribution in [2.24, 2.45) is 0 Å². The van der Waals surface area contributed by atoms with E-state index in [-0.39, 0.29) is 17.5 Å². The molecule has 6 nitrogen and oxygen atoms in total. The highest BCUT2D eigenvalue weighted by molar-refractivity contribution is 6.30. The molecule has 1 heterocycles. The number of halogens is 1. The van der Waals surface area contributed by atoms with E-state index in [1.807, 2.05) is 0 Å². The Morgan fingerprint density at radius 3 is 3.00 bits per heavy atom. The van der Waals surface area contributed by atoms with Gasteiger partial charge in [0.15, 0.2) is 0 Å². The van der Waals surface area contributed by atoms with Crippen molar-refractivity contribution in [3.8, 4) is 0 Å². The predicted octanol–water partition coefficient (Wildman–Crippen LogP) is 1.12. The van der Waals surface area contributed by atoms with Crippen molar-refractivity contribution in [1.29, 1.82) is 0 Å². The third-order valence-electron chi connectivity index (χ3n) is 2.31. The second kappa shape index (κ2) is 5.53. The van der Waals surface area contributed by atoms with Gasteiger partial charge in [0.05, 0.1) is 11.2 Å². The van der Waals surface area contributed by atoms with Crippen molar-refractivity contribution in [3.05, 3.63) is 52.2 Å². The van der Waals surface area contributed by atoms with E-state index in [1.54, 1.807) is 24.3 Å². The highest BCUT2D eigenvalue weighted by atomic mass is 35.5. The number of carbonyl (C=O) groups excluding carboxylic acids is 1. The molecule has 98 valence electrons. The predicted molar refractivity (Wildman–Crippen MR) is 73.0 cm³/mol. The van der Waals surface area contributed by atoms with Crippen molar-refractivity contribution in [1.82, 2.24) is 9.55 Å². The molecular formula is C12H11ClN4O2. The van der Waals surface area contributed by atoms with Crippen molar-refractivity contribution < 1.29 is 4.79 Å². The van der Waals surface area contributed by atoms with Crippen LogP contribution in [-0.4, -0.2) is 15.5 Å². The van der Waals surface area contributed by atoms with Crippen LogP contribution in [0.1, 0.15) is 0 Å². The van der Waals surface area contributed by atoms with E-state index in [2.05, 4.69) is 10.3 Å². The molecular weight excluding hydrogens is 268 g/mol. The molecule has 1 amide bonds. The molecule has 1 aromatic carbocycles. The normalized spacial score (nSPS) is 10.2. The van der Waals surface area contributed by atoms with E-state index < -0.39 is 5.69 Å². The zero-order chi connectivity index (χ0) is 13.8. The molecule has 0 saturated heterocycles. The Balaban J connectivity index is 2.09. The second-order valence-electron chi connectivity index (χ2n) is 3.86. The summed E-state index contributed by atoms with van der Waals surface area (Å²) in [7, 11) is 0. The fourth-order valence-electron chi connectivity index (χ4n) is 1.51. The van der Waals surface area contributed by atoms with Gasteiger partial charge in [-0.05, 0) is 18.2 Å². The molecule has 0 aliphatic heterocycles. The monoisotopic (exact) mass is 278 g/mol. The zero-order valence-electron chi connectivity index (χ0n) is 9.84. The summed E-state index contributed by atoms with van der Waals surface area (Å²) < 4.78 is 1.13. The molecule has 0 saturated carbocycles. The number of nitrogens with one attached hydrogen (secondary N) is 1. The quantitative estimate of drug-likeness (QED) is 0.823. The first-order chi connectivity index (χ1) is 9.04. The molecule has 0 radical (unpaired) electrons. The Bertz CT molecular complexity index is 669. The maximum Gasteiger partial charge on any atom is 0.348 e. The lowest BCUT2D eigenvalue weighted by atomic mass is 10.3. The first-order valence-corrected chi connectivity index (χ1v) is 5.80. The molecule has 0 atom stereocenters. The lowest BCUT2D eigenvalue weighted by molar-refractivity contribution is -0.116. The molecule has 1 aromatic heterocycles. The Kier molecular flexibility index (Phi) is 3.82. The van der Waals surface area contributed by atoms with Crippen LogP contribution in [0.4, 0.5) is 11.4 Å². The highest BCUT2D eigenvalue weighted by Gasteiger charge is 2.06. The molecule has 0 bridgehead atoms. The molecule has 0 aliphatic carbocycles. The van der Waals surface area contributed by atoms with E-state index in [4.69, 9.17) is 17.3 Å². The fourth-order valence-corrected chi connectivity index (χ4v) is 1.68. The van der Waals surface area contributed by atoms with Gasteiger partial charge < -0.3 is 11.1 Å². The maximum atomic E-state index is 11.8. The lowest BCUT2D eigenvalue weighted by Gasteiger charge is -2.07. The highest BCUT2D eigenvalue weighted by Crippen LogP contribution is 2.11.